The monoisotopic (exact) mass is 654 g/mol. The van der Waals surface area contributed by atoms with E-state index in [1.807, 2.05) is 0 Å². The summed E-state index contributed by atoms with van der Waals surface area (Å²) in [6.45, 7) is 0. The normalized spacial score (nSPS) is 12.6. The molecule has 0 aliphatic heterocycles. The van der Waals surface area contributed by atoms with Crippen molar-refractivity contribution in [3.63, 3.8) is 0 Å². The smallest absolute Gasteiger partial charge is 0.744 e. The summed E-state index contributed by atoms with van der Waals surface area (Å²) in [6.07, 6.45) is 0. The van der Waals surface area contributed by atoms with Crippen molar-refractivity contribution in [2.75, 3.05) is 23.5 Å². The minimum absolute atomic E-state index is 0. The number of nitrogens with one attached hydrogen (secondary N) is 2. The topological polar surface area (TPSA) is 244 Å². The van der Waals surface area contributed by atoms with Gasteiger partial charge in [-0.2, -0.15) is 23.4 Å². The van der Waals surface area contributed by atoms with Crippen molar-refractivity contribution in [1.29, 1.82) is 0 Å². The fourth-order valence-electron chi connectivity index (χ4n) is 4.28. The SMILES string of the molecule is COc1nc(Cl)nc(Nc2cc(Nc3cc(S(=O)(=O)O)c(N)c4c3C(=O)c3ccccc3C4=O)ccc2S(=O)(=O)[O-])n1.[Na+]. The van der Waals surface area contributed by atoms with Crippen LogP contribution >= 0.6 is 11.6 Å². The Balaban J connectivity index is 0.00000423. The van der Waals surface area contributed by atoms with E-state index in [0.29, 0.717) is 0 Å². The Kier molecular flexibility index (Phi) is 8.83. The second-order valence-electron chi connectivity index (χ2n) is 8.59. The van der Waals surface area contributed by atoms with Gasteiger partial charge in [-0.15, -0.1) is 0 Å². The van der Waals surface area contributed by atoms with Gasteiger partial charge in [0.15, 0.2) is 11.6 Å². The first kappa shape index (κ1) is 32.2. The number of anilines is 5. The number of nitrogens with zero attached hydrogens (tertiary/aromatic N) is 3. The Morgan fingerprint density at radius 3 is 2.09 bits per heavy atom. The zero-order chi connectivity index (χ0) is 30.6. The number of carbonyl (C=O) groups is 2. The van der Waals surface area contributed by atoms with Gasteiger partial charge in [-0.05, 0) is 35.9 Å². The fourth-order valence-corrected chi connectivity index (χ4v) is 5.70. The molecule has 15 nitrogen and oxygen atoms in total. The number of hydrogen-bond donors (Lipinski definition) is 4. The minimum Gasteiger partial charge on any atom is -0.744 e. The van der Waals surface area contributed by atoms with Gasteiger partial charge in [0.25, 0.3) is 10.1 Å². The van der Waals surface area contributed by atoms with Gasteiger partial charge in [-0.3, -0.25) is 14.1 Å². The number of ether oxygens (including phenoxy) is 1. The summed E-state index contributed by atoms with van der Waals surface area (Å²) < 4.78 is 75.0. The molecule has 0 bridgehead atoms. The van der Waals surface area contributed by atoms with Crippen molar-refractivity contribution in [3.05, 3.63) is 76.1 Å². The number of fused-ring (bicyclic) bond motifs is 2. The maximum atomic E-state index is 13.5. The molecular weight excluding hydrogens is 639 g/mol. The predicted molar refractivity (Wildman–Crippen MR) is 146 cm³/mol. The number of rotatable bonds is 7. The van der Waals surface area contributed by atoms with Gasteiger partial charge in [0.1, 0.15) is 15.0 Å². The van der Waals surface area contributed by atoms with Gasteiger partial charge in [0, 0.05) is 16.8 Å². The van der Waals surface area contributed by atoms with E-state index < -0.39 is 52.8 Å². The van der Waals surface area contributed by atoms with Crippen LogP contribution in [-0.4, -0.2) is 59.6 Å². The first-order chi connectivity index (χ1) is 19.7. The standard InChI is InChI=1S/C24H17ClN6O9S2.Na/c1-40-24-30-22(25)29-23(31-24)28-13-8-10(6-7-15(13)41(34,35)36)27-14-9-16(42(37,38)39)19(26)18-17(14)20(32)11-4-2-3-5-12(11)21(18)33;/h2-9,27H,26H2,1H3,(H,34,35,36)(H,37,38,39)(H,28,29,30,31);/q;+1/p-1. The number of ketones is 2. The number of hydrogen-bond acceptors (Lipinski definition) is 14. The van der Waals surface area contributed by atoms with Crippen molar-refractivity contribution >= 4 is 72.1 Å². The van der Waals surface area contributed by atoms with Gasteiger partial charge >= 0.3 is 35.6 Å². The zero-order valence-corrected chi connectivity index (χ0v) is 26.3. The molecule has 1 heterocycles. The number of methoxy groups -OCH3 is 1. The molecule has 5 N–H and O–H groups in total. The second kappa shape index (κ2) is 11.8. The molecule has 0 unspecified atom stereocenters. The van der Waals surface area contributed by atoms with Crippen LogP contribution in [0, 0.1) is 0 Å². The molecule has 0 fully saturated rings. The Bertz CT molecular complexity index is 2060. The molecule has 3 aromatic carbocycles. The Labute approximate surface area is 270 Å². The summed E-state index contributed by atoms with van der Waals surface area (Å²) in [5, 5.41) is 4.96. The van der Waals surface area contributed by atoms with Gasteiger partial charge in [0.05, 0.1) is 40.2 Å². The van der Waals surface area contributed by atoms with E-state index in [1.165, 1.54) is 31.4 Å². The summed E-state index contributed by atoms with van der Waals surface area (Å²) in [4.78, 5) is 36.7. The summed E-state index contributed by atoms with van der Waals surface area (Å²) >= 11 is 5.84. The molecule has 1 aliphatic rings. The van der Waals surface area contributed by atoms with E-state index in [9.17, 15) is 35.5 Å². The largest absolute Gasteiger partial charge is 1.00 e. The molecular formula is C24H16ClN6NaO9S2. The quantitative estimate of drug-likeness (QED) is 0.0984. The van der Waals surface area contributed by atoms with Gasteiger partial charge in [0.2, 0.25) is 11.2 Å². The summed E-state index contributed by atoms with van der Waals surface area (Å²) in [5.74, 6) is -1.74. The van der Waals surface area contributed by atoms with Crippen LogP contribution in [0.3, 0.4) is 0 Å². The molecule has 1 aliphatic carbocycles. The van der Waals surface area contributed by atoms with Crippen molar-refractivity contribution < 1.29 is 69.8 Å². The molecule has 0 atom stereocenters. The molecule has 216 valence electrons. The van der Waals surface area contributed by atoms with Crippen LogP contribution in [0.25, 0.3) is 0 Å². The number of benzene rings is 3. The van der Waals surface area contributed by atoms with Gasteiger partial charge < -0.3 is 25.7 Å². The minimum atomic E-state index is -5.07. The van der Waals surface area contributed by atoms with E-state index in [4.69, 9.17) is 22.1 Å². The van der Waals surface area contributed by atoms with Crippen molar-refractivity contribution in [1.82, 2.24) is 15.0 Å². The molecule has 4 aromatic rings. The third kappa shape index (κ3) is 6.20. The van der Waals surface area contributed by atoms with Crippen LogP contribution in [0.1, 0.15) is 31.8 Å². The maximum absolute atomic E-state index is 13.5. The first-order valence-corrected chi connectivity index (χ1v) is 14.6. The van der Waals surface area contributed by atoms with E-state index >= 15 is 0 Å². The number of halogens is 1. The summed E-state index contributed by atoms with van der Waals surface area (Å²) in [6, 6.07) is 9.59. The first-order valence-electron chi connectivity index (χ1n) is 11.4. The number of carbonyl (C=O) groups excluding carboxylic acids is 2. The third-order valence-corrected chi connectivity index (χ3v) is 7.98. The van der Waals surface area contributed by atoms with Crippen molar-refractivity contribution in [2.45, 2.75) is 9.79 Å². The molecule has 0 spiro atoms. The van der Waals surface area contributed by atoms with Gasteiger partial charge in [-0.1, -0.05) is 24.3 Å². The molecule has 1 aromatic heterocycles. The maximum Gasteiger partial charge on any atom is 1.00 e. The molecule has 19 heteroatoms. The van der Waals surface area contributed by atoms with Crippen LogP contribution < -0.4 is 50.7 Å². The van der Waals surface area contributed by atoms with Crippen LogP contribution in [0.4, 0.5) is 28.7 Å². The van der Waals surface area contributed by atoms with Crippen molar-refractivity contribution in [2.24, 2.45) is 0 Å². The van der Waals surface area contributed by atoms with Crippen LogP contribution in [0.5, 0.6) is 6.01 Å². The Morgan fingerprint density at radius 1 is 0.884 bits per heavy atom. The average molecular weight is 655 g/mol. The summed E-state index contributed by atoms with van der Waals surface area (Å²) in [7, 11) is -8.82. The second-order valence-corrected chi connectivity index (χ2v) is 11.7. The molecule has 0 amide bonds. The average Bonchev–Trinajstić information content (AvgIpc) is 2.91. The zero-order valence-electron chi connectivity index (χ0n) is 21.9. The Hall–Kier alpha value is -3.68. The van der Waals surface area contributed by atoms with Crippen molar-refractivity contribution in [3.8, 4) is 6.01 Å². The van der Waals surface area contributed by atoms with Crippen LogP contribution in [0.2, 0.25) is 5.28 Å². The van der Waals surface area contributed by atoms with E-state index in [1.54, 1.807) is 0 Å². The molecule has 0 saturated carbocycles. The third-order valence-electron chi connectivity index (χ3n) is 6.02. The van der Waals surface area contributed by atoms with E-state index in [0.717, 1.165) is 24.3 Å². The van der Waals surface area contributed by atoms with Gasteiger partial charge in [-0.25, -0.2) is 8.42 Å². The Morgan fingerprint density at radius 2 is 1.51 bits per heavy atom. The predicted octanol–water partition coefficient (Wildman–Crippen LogP) is -0.467. The van der Waals surface area contributed by atoms with E-state index in [2.05, 4.69) is 25.6 Å². The van der Waals surface area contributed by atoms with E-state index in [-0.39, 0.29) is 80.6 Å². The number of aromatic nitrogens is 3. The molecule has 5 rings (SSSR count). The summed E-state index contributed by atoms with van der Waals surface area (Å²) in [5.41, 5.74) is 3.95. The van der Waals surface area contributed by atoms with Crippen LogP contribution in [-0.2, 0) is 20.2 Å². The molecule has 43 heavy (non-hydrogen) atoms. The molecule has 0 saturated heterocycles. The molecule has 0 radical (unpaired) electrons. The number of nitrogens with two attached hydrogens (primary N) is 1. The fraction of sp³-hybridized carbons (Fsp3) is 0.0417. The van der Waals surface area contributed by atoms with Crippen LogP contribution in [0.15, 0.2) is 58.3 Å². The number of nitrogen functional groups attached to an aromatic ring is 1.